The highest BCUT2D eigenvalue weighted by atomic mass is 79.9. The highest BCUT2D eigenvalue weighted by Gasteiger charge is 2.14. The topological polar surface area (TPSA) is 47.3 Å². The first-order valence-electron chi connectivity index (χ1n) is 5.83. The molecule has 4 nitrogen and oxygen atoms in total. The number of aliphatic hydroxyl groups is 1. The third kappa shape index (κ3) is 3.27. The van der Waals surface area contributed by atoms with Gasteiger partial charge in [0.1, 0.15) is 12.4 Å². The second-order valence-electron chi connectivity index (χ2n) is 4.31. The average Bonchev–Trinajstić information content (AvgIpc) is 2.63. The lowest BCUT2D eigenvalue weighted by Gasteiger charge is -2.12. The molecule has 0 aliphatic heterocycles. The summed E-state index contributed by atoms with van der Waals surface area (Å²) in [5, 5.41) is 13.5. The Morgan fingerprint density at radius 1 is 1.25 bits per heavy atom. The summed E-state index contributed by atoms with van der Waals surface area (Å²) in [6.45, 7) is 2.33. The lowest BCUT2D eigenvalue weighted by atomic mass is 10.2. The molecule has 1 N–H and O–H groups in total. The van der Waals surface area contributed by atoms with Crippen molar-refractivity contribution in [1.29, 1.82) is 0 Å². The summed E-state index contributed by atoms with van der Waals surface area (Å²) in [6.07, 6.45) is 0. The number of halogens is 3. The molecule has 0 unspecified atom stereocenters. The molecule has 0 aliphatic carbocycles. The van der Waals surface area contributed by atoms with Crippen molar-refractivity contribution in [3.05, 3.63) is 42.5 Å². The number of aliphatic hydroxyl groups excluding tert-OH is 1. The summed E-state index contributed by atoms with van der Waals surface area (Å²) in [7, 11) is 1.88. The number of hydrogen-bond donors (Lipinski definition) is 1. The van der Waals surface area contributed by atoms with Crippen LogP contribution in [0.2, 0.25) is 0 Å². The zero-order valence-electron chi connectivity index (χ0n) is 11.0. The molecule has 0 spiro atoms. The fourth-order valence-electron chi connectivity index (χ4n) is 1.82. The van der Waals surface area contributed by atoms with E-state index in [9.17, 15) is 0 Å². The first-order chi connectivity index (χ1) is 9.43. The summed E-state index contributed by atoms with van der Waals surface area (Å²) in [5.74, 6) is 0.702. The molecule has 1 aromatic heterocycles. The summed E-state index contributed by atoms with van der Waals surface area (Å²) in [6, 6.07) is 3.67. The highest BCUT2D eigenvalue weighted by Crippen LogP contribution is 2.35. The number of aromatic nitrogens is 2. The van der Waals surface area contributed by atoms with Gasteiger partial charge in [-0.05, 0) is 72.4 Å². The molecular formula is C13H13Br3N2O2. The van der Waals surface area contributed by atoms with Gasteiger partial charge in [0.2, 0.25) is 0 Å². The Kier molecular flexibility index (Phi) is 5.28. The van der Waals surface area contributed by atoms with Gasteiger partial charge in [-0.25, -0.2) is 0 Å². The Balaban J connectivity index is 2.23. The number of aryl methyl sites for hydroxylation is 2. The summed E-state index contributed by atoms with van der Waals surface area (Å²) >= 11 is 10.4. The number of hydrogen-bond acceptors (Lipinski definition) is 3. The van der Waals surface area contributed by atoms with E-state index >= 15 is 0 Å². The molecule has 20 heavy (non-hydrogen) atoms. The largest absolute Gasteiger partial charge is 0.485 e. The molecule has 0 bridgehead atoms. The molecule has 0 fully saturated rings. The van der Waals surface area contributed by atoms with Gasteiger partial charge in [-0.3, -0.25) is 4.68 Å². The second-order valence-corrected chi connectivity index (χ2v) is 6.81. The third-order valence-electron chi connectivity index (χ3n) is 2.86. The van der Waals surface area contributed by atoms with Gasteiger partial charge < -0.3 is 9.84 Å². The quantitative estimate of drug-likeness (QED) is 0.735. The summed E-state index contributed by atoms with van der Waals surface area (Å²) in [5.41, 5.74) is 2.71. The molecular weight excluding hydrogens is 456 g/mol. The molecule has 2 rings (SSSR count). The van der Waals surface area contributed by atoms with E-state index in [1.54, 1.807) is 4.68 Å². The Bertz CT molecular complexity index is 618. The van der Waals surface area contributed by atoms with Crippen molar-refractivity contribution < 1.29 is 9.84 Å². The fourth-order valence-corrected chi connectivity index (χ4v) is 3.78. The van der Waals surface area contributed by atoms with Crippen LogP contribution in [0.1, 0.15) is 17.0 Å². The van der Waals surface area contributed by atoms with Crippen molar-refractivity contribution in [1.82, 2.24) is 9.78 Å². The van der Waals surface area contributed by atoms with Crippen LogP contribution in [0.4, 0.5) is 0 Å². The molecule has 1 aromatic carbocycles. The van der Waals surface area contributed by atoms with Crippen molar-refractivity contribution in [2.45, 2.75) is 20.1 Å². The smallest absolute Gasteiger partial charge is 0.148 e. The maximum Gasteiger partial charge on any atom is 0.148 e. The minimum Gasteiger partial charge on any atom is -0.485 e. The van der Waals surface area contributed by atoms with Crippen LogP contribution in [0.25, 0.3) is 0 Å². The summed E-state index contributed by atoms with van der Waals surface area (Å²) in [4.78, 5) is 0. The normalized spacial score (nSPS) is 10.9. The molecule has 1 heterocycles. The molecule has 108 valence electrons. The van der Waals surface area contributed by atoms with E-state index < -0.39 is 0 Å². The van der Waals surface area contributed by atoms with Crippen molar-refractivity contribution in [3.63, 3.8) is 0 Å². The molecule has 7 heteroatoms. The number of ether oxygens (including phenoxy) is 1. The van der Waals surface area contributed by atoms with E-state index in [1.807, 2.05) is 26.1 Å². The molecule has 2 aromatic rings. The molecule has 0 atom stereocenters. The minimum absolute atomic E-state index is 0.00997. The fraction of sp³-hybridized carbons (Fsp3) is 0.308. The van der Waals surface area contributed by atoms with Crippen LogP contribution in [0, 0.1) is 6.92 Å². The first kappa shape index (κ1) is 16.0. The van der Waals surface area contributed by atoms with Crippen LogP contribution in [-0.4, -0.2) is 14.9 Å². The predicted molar refractivity (Wildman–Crippen MR) is 87.7 cm³/mol. The summed E-state index contributed by atoms with van der Waals surface area (Å²) < 4.78 is 10.2. The van der Waals surface area contributed by atoms with E-state index in [0.717, 1.165) is 30.4 Å². The van der Waals surface area contributed by atoms with Gasteiger partial charge in [0.05, 0.1) is 31.4 Å². The van der Waals surface area contributed by atoms with Crippen LogP contribution < -0.4 is 4.74 Å². The maximum absolute atomic E-state index is 9.16. The van der Waals surface area contributed by atoms with Crippen LogP contribution in [0.3, 0.4) is 0 Å². The highest BCUT2D eigenvalue weighted by molar-refractivity contribution is 9.11. The van der Waals surface area contributed by atoms with Gasteiger partial charge in [-0.1, -0.05) is 0 Å². The zero-order valence-corrected chi connectivity index (χ0v) is 15.7. The second kappa shape index (κ2) is 6.60. The van der Waals surface area contributed by atoms with Crippen LogP contribution in [0.15, 0.2) is 25.6 Å². The van der Waals surface area contributed by atoms with E-state index in [-0.39, 0.29) is 6.61 Å². The van der Waals surface area contributed by atoms with Gasteiger partial charge in [-0.15, -0.1) is 0 Å². The first-order valence-corrected chi connectivity index (χ1v) is 8.21. The van der Waals surface area contributed by atoms with Crippen LogP contribution in [0.5, 0.6) is 5.75 Å². The average molecular weight is 469 g/mol. The number of benzene rings is 1. The maximum atomic E-state index is 9.16. The zero-order chi connectivity index (χ0) is 14.9. The van der Waals surface area contributed by atoms with Crippen molar-refractivity contribution in [2.75, 3.05) is 0 Å². The standard InChI is InChI=1S/C13H13Br3N2O2/c1-7-12(16)11(18(2)17-7)6-20-13-9(14)3-8(5-19)4-10(13)15/h3-4,19H,5-6H2,1-2H3. The Labute approximate surface area is 142 Å². The number of nitrogens with zero attached hydrogens (tertiary/aromatic N) is 2. The molecule has 0 saturated heterocycles. The lowest BCUT2D eigenvalue weighted by Crippen LogP contribution is -2.04. The van der Waals surface area contributed by atoms with E-state index in [4.69, 9.17) is 9.84 Å². The molecule has 0 aliphatic rings. The van der Waals surface area contributed by atoms with Crippen LogP contribution in [-0.2, 0) is 20.3 Å². The van der Waals surface area contributed by atoms with Gasteiger partial charge in [0.25, 0.3) is 0 Å². The van der Waals surface area contributed by atoms with Crippen molar-refractivity contribution >= 4 is 47.8 Å². The Hall–Kier alpha value is -0.370. The lowest BCUT2D eigenvalue weighted by molar-refractivity contribution is 0.278. The van der Waals surface area contributed by atoms with Gasteiger partial charge in [0.15, 0.2) is 0 Å². The molecule has 0 saturated carbocycles. The van der Waals surface area contributed by atoms with E-state index in [0.29, 0.717) is 12.4 Å². The molecule has 0 amide bonds. The third-order valence-corrected chi connectivity index (χ3v) is 5.07. The van der Waals surface area contributed by atoms with Gasteiger partial charge in [-0.2, -0.15) is 5.10 Å². The van der Waals surface area contributed by atoms with E-state index in [2.05, 4.69) is 52.9 Å². The predicted octanol–water partition coefficient (Wildman–Crippen LogP) is 4.09. The van der Waals surface area contributed by atoms with Crippen LogP contribution >= 0.6 is 47.8 Å². The Morgan fingerprint density at radius 2 is 1.85 bits per heavy atom. The van der Waals surface area contributed by atoms with E-state index in [1.165, 1.54) is 0 Å². The SMILES string of the molecule is Cc1nn(C)c(COc2c(Br)cc(CO)cc2Br)c1Br. The van der Waals surface area contributed by atoms with Crippen molar-refractivity contribution in [3.8, 4) is 5.75 Å². The molecule has 0 radical (unpaired) electrons. The monoisotopic (exact) mass is 466 g/mol. The minimum atomic E-state index is -0.00997. The number of rotatable bonds is 4. The Morgan fingerprint density at radius 3 is 2.30 bits per heavy atom. The van der Waals surface area contributed by atoms with Crippen molar-refractivity contribution in [2.24, 2.45) is 7.05 Å². The van der Waals surface area contributed by atoms with Gasteiger partial charge in [0, 0.05) is 7.05 Å². The van der Waals surface area contributed by atoms with Gasteiger partial charge >= 0.3 is 0 Å².